The van der Waals surface area contributed by atoms with E-state index in [-0.39, 0.29) is 11.5 Å². The molecular formula is C23H31N3O2. The predicted octanol–water partition coefficient (Wildman–Crippen LogP) is 3.84. The number of piperidine rings is 1. The Bertz CT molecular complexity index is 834. The fourth-order valence-corrected chi connectivity index (χ4v) is 3.74. The van der Waals surface area contributed by atoms with Crippen LogP contribution >= 0.6 is 0 Å². The fourth-order valence-electron chi connectivity index (χ4n) is 3.74. The maximum absolute atomic E-state index is 12.8. The largest absolute Gasteiger partial charge is 0.337 e. The topological polar surface area (TPSA) is 55.2 Å². The molecular weight excluding hydrogens is 350 g/mol. The van der Waals surface area contributed by atoms with Crippen LogP contribution in [0.5, 0.6) is 0 Å². The molecule has 0 atom stereocenters. The minimum atomic E-state index is -0.139. The maximum Gasteiger partial charge on any atom is 0.274 e. The van der Waals surface area contributed by atoms with Crippen LogP contribution in [0.15, 0.2) is 41.2 Å². The number of hydrogen-bond acceptors (Lipinski definition) is 3. The number of benzene rings is 1. The molecule has 2 heterocycles. The van der Waals surface area contributed by atoms with Gasteiger partial charge in [-0.3, -0.25) is 9.59 Å². The van der Waals surface area contributed by atoms with Gasteiger partial charge in [0.05, 0.1) is 0 Å². The summed E-state index contributed by atoms with van der Waals surface area (Å²) in [6, 6.07) is 11.8. The Balaban J connectivity index is 1.52. The van der Waals surface area contributed by atoms with Crippen LogP contribution in [0.3, 0.4) is 0 Å². The summed E-state index contributed by atoms with van der Waals surface area (Å²) in [6.45, 7) is 6.29. The number of carbonyl (C=O) groups is 1. The molecule has 1 saturated heterocycles. The number of nitrogens with zero attached hydrogens (tertiary/aromatic N) is 3. The Morgan fingerprint density at radius 2 is 1.82 bits per heavy atom. The van der Waals surface area contributed by atoms with Gasteiger partial charge in [-0.15, -0.1) is 0 Å². The second-order valence-corrected chi connectivity index (χ2v) is 7.89. The van der Waals surface area contributed by atoms with Crippen LogP contribution in [0.2, 0.25) is 0 Å². The summed E-state index contributed by atoms with van der Waals surface area (Å²) >= 11 is 0. The van der Waals surface area contributed by atoms with Gasteiger partial charge in [-0.2, -0.15) is 5.10 Å². The van der Waals surface area contributed by atoms with E-state index in [1.165, 1.54) is 28.3 Å². The number of aromatic nitrogens is 2. The SMILES string of the molecule is CCCCn1nc(C(=O)N2CCC(CCc3ccc(C)cc3)CC2)ccc1=O. The van der Waals surface area contributed by atoms with Gasteiger partial charge in [-0.25, -0.2) is 4.68 Å². The molecule has 0 aliphatic carbocycles. The molecule has 3 rings (SSSR count). The van der Waals surface area contributed by atoms with Gasteiger partial charge >= 0.3 is 0 Å². The summed E-state index contributed by atoms with van der Waals surface area (Å²) in [5.74, 6) is 0.610. The quantitative estimate of drug-likeness (QED) is 0.732. The first-order valence-electron chi connectivity index (χ1n) is 10.5. The zero-order valence-electron chi connectivity index (χ0n) is 17.1. The molecule has 0 N–H and O–H groups in total. The molecule has 1 aromatic heterocycles. The summed E-state index contributed by atoms with van der Waals surface area (Å²) in [4.78, 5) is 26.6. The first-order chi connectivity index (χ1) is 13.6. The monoisotopic (exact) mass is 381 g/mol. The minimum absolute atomic E-state index is 0.0535. The van der Waals surface area contributed by atoms with Crippen molar-refractivity contribution in [3.63, 3.8) is 0 Å². The van der Waals surface area contributed by atoms with E-state index < -0.39 is 0 Å². The Morgan fingerprint density at radius 1 is 1.11 bits per heavy atom. The highest BCUT2D eigenvalue weighted by molar-refractivity contribution is 5.92. The summed E-state index contributed by atoms with van der Waals surface area (Å²) in [5, 5.41) is 4.30. The molecule has 0 bridgehead atoms. The van der Waals surface area contributed by atoms with Gasteiger partial charge in [0.1, 0.15) is 5.69 Å². The highest BCUT2D eigenvalue weighted by atomic mass is 16.2. The minimum Gasteiger partial charge on any atom is -0.337 e. The zero-order valence-corrected chi connectivity index (χ0v) is 17.1. The van der Waals surface area contributed by atoms with Crippen molar-refractivity contribution in [3.8, 4) is 0 Å². The first-order valence-corrected chi connectivity index (χ1v) is 10.5. The van der Waals surface area contributed by atoms with E-state index in [0.29, 0.717) is 18.2 Å². The molecule has 0 unspecified atom stereocenters. The van der Waals surface area contributed by atoms with Crippen molar-refractivity contribution in [2.75, 3.05) is 13.1 Å². The lowest BCUT2D eigenvalue weighted by molar-refractivity contribution is 0.0678. The van der Waals surface area contributed by atoms with E-state index in [0.717, 1.165) is 45.2 Å². The number of likely N-dealkylation sites (tertiary alicyclic amines) is 1. The number of hydrogen-bond donors (Lipinski definition) is 0. The van der Waals surface area contributed by atoms with E-state index >= 15 is 0 Å². The van der Waals surface area contributed by atoms with E-state index in [9.17, 15) is 9.59 Å². The summed E-state index contributed by atoms with van der Waals surface area (Å²) in [6.07, 6.45) is 6.22. The van der Waals surface area contributed by atoms with E-state index in [1.807, 2.05) is 4.90 Å². The molecule has 150 valence electrons. The Hall–Kier alpha value is -2.43. The van der Waals surface area contributed by atoms with Crippen LogP contribution in [0.25, 0.3) is 0 Å². The highest BCUT2D eigenvalue weighted by Gasteiger charge is 2.24. The van der Waals surface area contributed by atoms with Crippen molar-refractivity contribution in [2.24, 2.45) is 5.92 Å². The van der Waals surface area contributed by atoms with Crippen LogP contribution in [0.4, 0.5) is 0 Å². The Morgan fingerprint density at radius 3 is 2.50 bits per heavy atom. The molecule has 1 aliphatic rings. The summed E-state index contributed by atoms with van der Waals surface area (Å²) in [5.41, 5.74) is 2.93. The van der Waals surface area contributed by atoms with Crippen LogP contribution in [-0.2, 0) is 13.0 Å². The molecule has 1 aliphatic heterocycles. The standard InChI is InChI=1S/C23H31N3O2/c1-3-4-15-26-22(27)12-11-21(24-26)23(28)25-16-13-20(14-17-25)10-9-19-7-5-18(2)6-8-19/h5-8,11-12,20H,3-4,9-10,13-17H2,1-2H3. The molecule has 1 amide bonds. The normalized spacial score (nSPS) is 15.0. The van der Waals surface area contributed by atoms with E-state index in [4.69, 9.17) is 0 Å². The molecule has 0 saturated carbocycles. The van der Waals surface area contributed by atoms with Gasteiger partial charge in [0.15, 0.2) is 0 Å². The summed E-state index contributed by atoms with van der Waals surface area (Å²) in [7, 11) is 0. The lowest BCUT2D eigenvalue weighted by Crippen LogP contribution is -2.39. The third kappa shape index (κ3) is 5.31. The third-order valence-corrected chi connectivity index (χ3v) is 5.67. The van der Waals surface area contributed by atoms with Gasteiger partial charge in [0.2, 0.25) is 0 Å². The van der Waals surface area contributed by atoms with Crippen molar-refractivity contribution in [1.29, 1.82) is 0 Å². The number of amides is 1. The highest BCUT2D eigenvalue weighted by Crippen LogP contribution is 2.23. The van der Waals surface area contributed by atoms with Crippen molar-refractivity contribution in [2.45, 2.75) is 58.9 Å². The second kappa shape index (κ2) is 9.67. The zero-order chi connectivity index (χ0) is 19.9. The lowest BCUT2D eigenvalue weighted by atomic mass is 9.90. The molecule has 0 radical (unpaired) electrons. The van der Waals surface area contributed by atoms with Gasteiger partial charge in [-0.05, 0) is 56.6 Å². The molecule has 2 aromatic rings. The summed E-state index contributed by atoms with van der Waals surface area (Å²) < 4.78 is 1.42. The number of aryl methyl sites for hydroxylation is 3. The smallest absolute Gasteiger partial charge is 0.274 e. The van der Waals surface area contributed by atoms with Crippen LogP contribution in [0.1, 0.15) is 60.6 Å². The lowest BCUT2D eigenvalue weighted by Gasteiger charge is -2.32. The molecule has 1 fully saturated rings. The van der Waals surface area contributed by atoms with Crippen LogP contribution in [-0.4, -0.2) is 33.7 Å². The third-order valence-electron chi connectivity index (χ3n) is 5.67. The molecule has 28 heavy (non-hydrogen) atoms. The average molecular weight is 382 g/mol. The molecule has 5 heteroatoms. The maximum atomic E-state index is 12.8. The molecule has 1 aromatic carbocycles. The van der Waals surface area contributed by atoms with Crippen LogP contribution < -0.4 is 5.56 Å². The van der Waals surface area contributed by atoms with Gasteiger partial charge in [0, 0.05) is 25.7 Å². The Kier molecular flexibility index (Phi) is 7.01. The van der Waals surface area contributed by atoms with Crippen molar-refractivity contribution < 1.29 is 4.79 Å². The molecule has 0 spiro atoms. The number of carbonyl (C=O) groups excluding carboxylic acids is 1. The van der Waals surface area contributed by atoms with Crippen molar-refractivity contribution in [1.82, 2.24) is 14.7 Å². The average Bonchev–Trinajstić information content (AvgIpc) is 2.72. The van der Waals surface area contributed by atoms with Crippen LogP contribution in [0, 0.1) is 12.8 Å². The number of unbranched alkanes of at least 4 members (excludes halogenated alkanes) is 1. The van der Waals surface area contributed by atoms with Gasteiger partial charge in [0.25, 0.3) is 11.5 Å². The van der Waals surface area contributed by atoms with Gasteiger partial charge in [-0.1, -0.05) is 43.2 Å². The molecule has 5 nitrogen and oxygen atoms in total. The van der Waals surface area contributed by atoms with E-state index in [2.05, 4.69) is 43.2 Å². The van der Waals surface area contributed by atoms with Gasteiger partial charge < -0.3 is 4.90 Å². The van der Waals surface area contributed by atoms with Crippen molar-refractivity contribution in [3.05, 3.63) is 63.6 Å². The van der Waals surface area contributed by atoms with E-state index in [1.54, 1.807) is 6.07 Å². The Labute approximate surface area is 167 Å². The fraction of sp³-hybridized carbons (Fsp3) is 0.522. The number of rotatable bonds is 7. The predicted molar refractivity (Wildman–Crippen MR) is 112 cm³/mol. The van der Waals surface area contributed by atoms with Crippen molar-refractivity contribution >= 4 is 5.91 Å². The second-order valence-electron chi connectivity index (χ2n) is 7.89. The first kappa shape index (κ1) is 20.3.